The molecule has 98 valence electrons. The summed E-state index contributed by atoms with van der Waals surface area (Å²) in [7, 11) is 1.89. The van der Waals surface area contributed by atoms with Crippen molar-refractivity contribution in [3.05, 3.63) is 23.2 Å². The summed E-state index contributed by atoms with van der Waals surface area (Å²) in [5, 5.41) is 12.2. The zero-order valence-corrected chi connectivity index (χ0v) is 11.4. The van der Waals surface area contributed by atoms with E-state index in [2.05, 4.69) is 15.3 Å². The maximum Gasteiger partial charge on any atom is 0.253 e. The van der Waals surface area contributed by atoms with Crippen LogP contribution in [-0.4, -0.2) is 20.0 Å². The molecule has 0 saturated heterocycles. The predicted octanol–water partition coefficient (Wildman–Crippen LogP) is 2.12. The molecule has 2 rings (SSSR count). The molecule has 0 N–H and O–H groups in total. The lowest BCUT2D eigenvalue weighted by Crippen LogP contribution is -1.98. The van der Waals surface area contributed by atoms with Crippen LogP contribution in [0.1, 0.15) is 42.9 Å². The molecule has 0 fully saturated rings. The minimum atomic E-state index is 0.230. The molecule has 0 saturated carbocycles. The van der Waals surface area contributed by atoms with Crippen molar-refractivity contribution in [3.63, 3.8) is 0 Å². The summed E-state index contributed by atoms with van der Waals surface area (Å²) in [5.41, 5.74) is 1.84. The summed E-state index contributed by atoms with van der Waals surface area (Å²) in [6.07, 6.45) is 0. The fourth-order valence-corrected chi connectivity index (χ4v) is 1.66. The maximum atomic E-state index is 5.69. The second-order valence-corrected chi connectivity index (χ2v) is 4.60. The van der Waals surface area contributed by atoms with Crippen LogP contribution in [0.2, 0.25) is 0 Å². The maximum absolute atomic E-state index is 5.69. The fraction of sp³-hybridized carbons (Fsp3) is 0.583. The van der Waals surface area contributed by atoms with Crippen LogP contribution in [0.15, 0.2) is 4.42 Å². The lowest BCUT2D eigenvalue weighted by molar-refractivity contribution is 0.254. The lowest BCUT2D eigenvalue weighted by atomic mass is 10.2. The molecule has 0 amide bonds. The Morgan fingerprint density at radius 2 is 2.00 bits per heavy atom. The number of hydrogen-bond acceptors (Lipinski definition) is 5. The average Bonchev–Trinajstić information content (AvgIpc) is 2.85. The van der Waals surface area contributed by atoms with Crippen molar-refractivity contribution in [3.8, 4) is 5.75 Å². The zero-order valence-electron chi connectivity index (χ0n) is 11.4. The first kappa shape index (κ1) is 12.6. The van der Waals surface area contributed by atoms with Crippen LogP contribution in [0.4, 0.5) is 0 Å². The van der Waals surface area contributed by atoms with Crippen LogP contribution in [0.3, 0.4) is 0 Å². The number of nitrogens with zero attached hydrogens (tertiary/aromatic N) is 4. The van der Waals surface area contributed by atoms with Crippen molar-refractivity contribution in [1.29, 1.82) is 0 Å². The molecule has 0 radical (unpaired) electrons. The highest BCUT2D eigenvalue weighted by atomic mass is 16.5. The van der Waals surface area contributed by atoms with E-state index >= 15 is 0 Å². The Morgan fingerprint density at radius 3 is 2.50 bits per heavy atom. The highest BCUT2D eigenvalue weighted by Gasteiger charge is 2.14. The summed E-state index contributed by atoms with van der Waals surface area (Å²) < 4.78 is 13.0. The molecule has 0 spiro atoms. The van der Waals surface area contributed by atoms with Gasteiger partial charge in [0.1, 0.15) is 5.69 Å². The summed E-state index contributed by atoms with van der Waals surface area (Å²) in [6.45, 7) is 8.16. The fourth-order valence-electron chi connectivity index (χ4n) is 1.66. The van der Waals surface area contributed by atoms with E-state index in [-0.39, 0.29) is 12.5 Å². The first-order valence-electron chi connectivity index (χ1n) is 5.94. The van der Waals surface area contributed by atoms with Crippen LogP contribution in [0.25, 0.3) is 0 Å². The Kier molecular flexibility index (Phi) is 3.36. The van der Waals surface area contributed by atoms with Gasteiger partial charge in [-0.05, 0) is 13.8 Å². The Morgan fingerprint density at radius 1 is 1.28 bits per heavy atom. The number of rotatable bonds is 4. The van der Waals surface area contributed by atoms with Crippen molar-refractivity contribution in [2.75, 3.05) is 0 Å². The van der Waals surface area contributed by atoms with Crippen LogP contribution >= 0.6 is 0 Å². The van der Waals surface area contributed by atoms with Crippen molar-refractivity contribution in [1.82, 2.24) is 20.0 Å². The molecule has 2 aromatic heterocycles. The summed E-state index contributed by atoms with van der Waals surface area (Å²) in [4.78, 5) is 0. The molecular formula is C12H18N4O2. The van der Waals surface area contributed by atoms with Gasteiger partial charge >= 0.3 is 0 Å². The number of hydrogen-bond donors (Lipinski definition) is 0. The summed E-state index contributed by atoms with van der Waals surface area (Å²) in [6, 6.07) is 0. The minimum absolute atomic E-state index is 0.230. The smallest absolute Gasteiger partial charge is 0.253 e. The molecule has 0 atom stereocenters. The summed E-state index contributed by atoms with van der Waals surface area (Å²) in [5.74, 6) is 2.13. The third kappa shape index (κ3) is 2.37. The zero-order chi connectivity index (χ0) is 13.3. The van der Waals surface area contributed by atoms with E-state index in [1.807, 2.05) is 34.7 Å². The van der Waals surface area contributed by atoms with Gasteiger partial charge in [-0.1, -0.05) is 13.8 Å². The number of ether oxygens (including phenoxy) is 1. The predicted molar refractivity (Wildman–Crippen MR) is 65.4 cm³/mol. The Balaban J connectivity index is 2.06. The first-order valence-corrected chi connectivity index (χ1v) is 5.94. The summed E-state index contributed by atoms with van der Waals surface area (Å²) >= 11 is 0. The molecule has 0 aromatic carbocycles. The lowest BCUT2D eigenvalue weighted by Gasteiger charge is -2.03. The van der Waals surface area contributed by atoms with Crippen molar-refractivity contribution < 1.29 is 9.15 Å². The second kappa shape index (κ2) is 4.80. The Bertz CT molecular complexity index is 542. The second-order valence-electron chi connectivity index (χ2n) is 4.60. The van der Waals surface area contributed by atoms with Crippen molar-refractivity contribution >= 4 is 0 Å². The van der Waals surface area contributed by atoms with Gasteiger partial charge in [0.2, 0.25) is 5.89 Å². The molecule has 0 bridgehead atoms. The molecule has 18 heavy (non-hydrogen) atoms. The van der Waals surface area contributed by atoms with Gasteiger partial charge in [-0.3, -0.25) is 4.68 Å². The Labute approximate surface area is 106 Å². The van der Waals surface area contributed by atoms with Crippen LogP contribution in [0.5, 0.6) is 5.75 Å². The SMILES string of the molecule is Cc1nn(C)c(C)c1OCc1nnc(C(C)C)o1. The highest BCUT2D eigenvalue weighted by molar-refractivity contribution is 5.31. The van der Waals surface area contributed by atoms with Crippen LogP contribution in [-0.2, 0) is 13.7 Å². The van der Waals surface area contributed by atoms with Gasteiger partial charge in [0.25, 0.3) is 5.89 Å². The van der Waals surface area contributed by atoms with Gasteiger partial charge < -0.3 is 9.15 Å². The standard InChI is InChI=1S/C12H18N4O2/c1-7(2)12-14-13-10(18-12)6-17-11-8(3)15-16(5)9(11)4/h7H,6H2,1-5H3. The van der Waals surface area contributed by atoms with Gasteiger partial charge in [-0.2, -0.15) is 5.10 Å². The number of aromatic nitrogens is 4. The average molecular weight is 250 g/mol. The topological polar surface area (TPSA) is 66.0 Å². The molecule has 0 aliphatic heterocycles. The van der Waals surface area contributed by atoms with E-state index in [4.69, 9.17) is 9.15 Å². The van der Waals surface area contributed by atoms with E-state index in [1.165, 1.54) is 0 Å². The molecule has 0 aliphatic carbocycles. The molecule has 0 unspecified atom stereocenters. The van der Waals surface area contributed by atoms with E-state index in [9.17, 15) is 0 Å². The Hall–Kier alpha value is -1.85. The molecule has 2 heterocycles. The largest absolute Gasteiger partial charge is 0.480 e. The van der Waals surface area contributed by atoms with E-state index in [1.54, 1.807) is 4.68 Å². The molecule has 6 nitrogen and oxygen atoms in total. The van der Waals surface area contributed by atoms with Crippen LogP contribution < -0.4 is 4.74 Å². The highest BCUT2D eigenvalue weighted by Crippen LogP contribution is 2.22. The van der Waals surface area contributed by atoms with Gasteiger partial charge in [-0.15, -0.1) is 10.2 Å². The molecule has 2 aromatic rings. The van der Waals surface area contributed by atoms with E-state index < -0.39 is 0 Å². The quantitative estimate of drug-likeness (QED) is 0.831. The van der Waals surface area contributed by atoms with Gasteiger partial charge in [0.05, 0.1) is 5.69 Å². The van der Waals surface area contributed by atoms with Crippen LogP contribution in [0, 0.1) is 13.8 Å². The molecule has 0 aliphatic rings. The third-order valence-corrected chi connectivity index (χ3v) is 2.76. The normalized spacial score (nSPS) is 11.2. The van der Waals surface area contributed by atoms with Gasteiger partial charge in [0, 0.05) is 13.0 Å². The first-order chi connectivity index (χ1) is 8.49. The van der Waals surface area contributed by atoms with E-state index in [0.717, 1.165) is 17.1 Å². The molecule has 6 heteroatoms. The van der Waals surface area contributed by atoms with E-state index in [0.29, 0.717) is 11.8 Å². The molecular weight excluding hydrogens is 232 g/mol. The van der Waals surface area contributed by atoms with Crippen molar-refractivity contribution in [2.45, 2.75) is 40.2 Å². The third-order valence-electron chi connectivity index (χ3n) is 2.76. The monoisotopic (exact) mass is 250 g/mol. The van der Waals surface area contributed by atoms with Gasteiger partial charge in [-0.25, -0.2) is 0 Å². The minimum Gasteiger partial charge on any atom is -0.480 e. The van der Waals surface area contributed by atoms with Crippen molar-refractivity contribution in [2.24, 2.45) is 7.05 Å². The van der Waals surface area contributed by atoms with Gasteiger partial charge in [0.15, 0.2) is 12.4 Å². The number of aryl methyl sites for hydroxylation is 2.